The van der Waals surface area contributed by atoms with Gasteiger partial charge in [0.05, 0.1) is 25.4 Å². The highest BCUT2D eigenvalue weighted by Gasteiger charge is 2.09. The van der Waals surface area contributed by atoms with E-state index in [9.17, 15) is 9.59 Å². The van der Waals surface area contributed by atoms with Crippen LogP contribution in [0.3, 0.4) is 0 Å². The number of nitrogens with one attached hydrogen (secondary N) is 2. The van der Waals surface area contributed by atoms with Crippen molar-refractivity contribution in [1.82, 2.24) is 5.32 Å². The van der Waals surface area contributed by atoms with E-state index in [1.165, 1.54) is 0 Å². The number of benzene rings is 1. The molecule has 20 heavy (non-hydrogen) atoms. The summed E-state index contributed by atoms with van der Waals surface area (Å²) in [5.41, 5.74) is 6.75. The summed E-state index contributed by atoms with van der Waals surface area (Å²) in [6.45, 7) is 4.07. The summed E-state index contributed by atoms with van der Waals surface area (Å²) in [4.78, 5) is 22.6. The maximum absolute atomic E-state index is 11.7. The molecule has 1 rings (SSSR count). The second kappa shape index (κ2) is 9.17. The summed E-state index contributed by atoms with van der Waals surface area (Å²) >= 11 is 0. The van der Waals surface area contributed by atoms with Crippen LogP contribution in [0.1, 0.15) is 12.5 Å². The van der Waals surface area contributed by atoms with Crippen molar-refractivity contribution in [2.75, 3.05) is 25.0 Å². The van der Waals surface area contributed by atoms with E-state index in [-0.39, 0.29) is 37.3 Å². The van der Waals surface area contributed by atoms with Crippen LogP contribution in [0.15, 0.2) is 18.2 Å². The van der Waals surface area contributed by atoms with Crippen LogP contribution in [-0.4, -0.2) is 31.5 Å². The zero-order chi connectivity index (χ0) is 14.3. The average molecular weight is 302 g/mol. The molecular weight excluding hydrogens is 282 g/mol. The molecule has 0 aliphatic rings. The maximum Gasteiger partial charge on any atom is 0.243 e. The normalized spacial score (nSPS) is 9.35. The Kier molecular flexibility index (Phi) is 8.35. The van der Waals surface area contributed by atoms with Crippen molar-refractivity contribution < 1.29 is 14.3 Å². The van der Waals surface area contributed by atoms with Crippen LogP contribution < -0.4 is 21.1 Å². The molecule has 0 unspecified atom stereocenters. The number of carbonyl (C=O) groups excluding carboxylic acids is 2. The molecule has 0 aromatic heterocycles. The number of halogens is 1. The lowest BCUT2D eigenvalue weighted by atomic mass is 10.2. The van der Waals surface area contributed by atoms with Crippen molar-refractivity contribution in [3.63, 3.8) is 0 Å². The predicted octanol–water partition coefficient (Wildman–Crippen LogP) is 0.829. The number of nitrogens with two attached hydrogens (primary N) is 1. The minimum atomic E-state index is -0.371. The highest BCUT2D eigenvalue weighted by Crippen LogP contribution is 2.25. The zero-order valence-corrected chi connectivity index (χ0v) is 12.4. The van der Waals surface area contributed by atoms with Crippen molar-refractivity contribution in [3.8, 4) is 5.75 Å². The molecule has 2 amide bonds. The first kappa shape index (κ1) is 18.2. The van der Waals surface area contributed by atoms with E-state index >= 15 is 0 Å². The smallest absolute Gasteiger partial charge is 0.243 e. The van der Waals surface area contributed by atoms with Crippen LogP contribution in [0.5, 0.6) is 5.75 Å². The molecule has 112 valence electrons. The third-order valence-corrected chi connectivity index (χ3v) is 2.34. The second-order valence-electron chi connectivity index (χ2n) is 3.96. The largest absolute Gasteiger partial charge is 0.492 e. The van der Waals surface area contributed by atoms with Gasteiger partial charge in [0.2, 0.25) is 11.8 Å². The van der Waals surface area contributed by atoms with Gasteiger partial charge < -0.3 is 21.1 Å². The highest BCUT2D eigenvalue weighted by molar-refractivity contribution is 5.95. The Balaban J connectivity index is 0.00000361. The summed E-state index contributed by atoms with van der Waals surface area (Å²) < 4.78 is 5.44. The van der Waals surface area contributed by atoms with E-state index < -0.39 is 0 Å². The Morgan fingerprint density at radius 3 is 2.60 bits per heavy atom. The Hall–Kier alpha value is -1.79. The number of aryl methyl sites for hydroxylation is 1. The average Bonchev–Trinajstić information content (AvgIpc) is 2.39. The van der Waals surface area contributed by atoms with Crippen molar-refractivity contribution in [2.45, 2.75) is 13.8 Å². The monoisotopic (exact) mass is 301 g/mol. The summed E-state index contributed by atoms with van der Waals surface area (Å²) in [5.74, 6) is -0.0864. The summed E-state index contributed by atoms with van der Waals surface area (Å²) in [6.07, 6.45) is 0. The van der Waals surface area contributed by atoms with Gasteiger partial charge in [-0.2, -0.15) is 0 Å². The van der Waals surface area contributed by atoms with E-state index in [0.717, 1.165) is 5.56 Å². The van der Waals surface area contributed by atoms with Crippen LogP contribution >= 0.6 is 12.4 Å². The molecule has 0 aliphatic carbocycles. The molecule has 7 heteroatoms. The molecule has 0 radical (unpaired) electrons. The first-order valence-corrected chi connectivity index (χ1v) is 6.07. The molecule has 0 heterocycles. The van der Waals surface area contributed by atoms with Crippen molar-refractivity contribution in [2.24, 2.45) is 5.73 Å². The molecular formula is C13H20ClN3O3. The zero-order valence-electron chi connectivity index (χ0n) is 11.6. The van der Waals surface area contributed by atoms with Crippen LogP contribution in [0.4, 0.5) is 5.69 Å². The van der Waals surface area contributed by atoms with Gasteiger partial charge in [0.15, 0.2) is 0 Å². The van der Waals surface area contributed by atoms with Gasteiger partial charge in [0, 0.05) is 0 Å². The summed E-state index contributed by atoms with van der Waals surface area (Å²) in [7, 11) is 0. The standard InChI is InChI=1S/C13H19N3O3.ClH/c1-3-19-11-6-9(2)4-5-10(11)16-13(18)8-15-12(17)7-14;/h4-6H,3,7-8,14H2,1-2H3,(H,15,17)(H,16,18);1H. The molecule has 6 nitrogen and oxygen atoms in total. The molecule has 0 saturated carbocycles. The first-order valence-electron chi connectivity index (χ1n) is 6.07. The Bertz CT molecular complexity index is 466. The molecule has 1 aromatic carbocycles. The van der Waals surface area contributed by atoms with Gasteiger partial charge in [-0.15, -0.1) is 12.4 Å². The van der Waals surface area contributed by atoms with Gasteiger partial charge in [0.1, 0.15) is 5.75 Å². The van der Waals surface area contributed by atoms with Crippen LogP contribution in [0.25, 0.3) is 0 Å². The number of hydrogen-bond donors (Lipinski definition) is 3. The summed E-state index contributed by atoms with van der Waals surface area (Å²) in [5, 5.41) is 5.08. The van der Waals surface area contributed by atoms with E-state index in [2.05, 4.69) is 10.6 Å². The van der Waals surface area contributed by atoms with Crippen LogP contribution in [-0.2, 0) is 9.59 Å². The lowest BCUT2D eigenvalue weighted by molar-refractivity contribution is -0.123. The molecule has 0 saturated heterocycles. The lowest BCUT2D eigenvalue weighted by Gasteiger charge is -2.12. The van der Waals surface area contributed by atoms with Crippen molar-refractivity contribution >= 4 is 29.9 Å². The van der Waals surface area contributed by atoms with E-state index in [1.807, 2.05) is 26.0 Å². The van der Waals surface area contributed by atoms with Crippen LogP contribution in [0, 0.1) is 6.92 Å². The van der Waals surface area contributed by atoms with Crippen molar-refractivity contribution in [3.05, 3.63) is 23.8 Å². The van der Waals surface area contributed by atoms with Crippen LogP contribution in [0.2, 0.25) is 0 Å². The van der Waals surface area contributed by atoms with E-state index in [4.69, 9.17) is 10.5 Å². The third kappa shape index (κ3) is 5.90. The fourth-order valence-electron chi connectivity index (χ4n) is 1.45. The quantitative estimate of drug-likeness (QED) is 0.725. The van der Waals surface area contributed by atoms with Gasteiger partial charge in [-0.25, -0.2) is 0 Å². The molecule has 0 spiro atoms. The number of amides is 2. The van der Waals surface area contributed by atoms with Gasteiger partial charge in [0.25, 0.3) is 0 Å². The third-order valence-electron chi connectivity index (χ3n) is 2.34. The minimum absolute atomic E-state index is 0. The molecule has 0 bridgehead atoms. The van der Waals surface area contributed by atoms with Crippen molar-refractivity contribution in [1.29, 1.82) is 0 Å². The first-order chi connectivity index (χ1) is 9.06. The Morgan fingerprint density at radius 2 is 2.00 bits per heavy atom. The van der Waals surface area contributed by atoms with Gasteiger partial charge in [-0.05, 0) is 31.5 Å². The maximum atomic E-state index is 11.7. The number of rotatable bonds is 6. The van der Waals surface area contributed by atoms with E-state index in [0.29, 0.717) is 18.0 Å². The number of ether oxygens (including phenoxy) is 1. The number of anilines is 1. The summed E-state index contributed by atoms with van der Waals surface area (Å²) in [6, 6.07) is 5.48. The Labute approximate surface area is 124 Å². The number of carbonyl (C=O) groups is 2. The molecule has 0 aliphatic heterocycles. The predicted molar refractivity (Wildman–Crippen MR) is 80.3 cm³/mol. The second-order valence-corrected chi connectivity index (χ2v) is 3.96. The highest BCUT2D eigenvalue weighted by atomic mass is 35.5. The molecule has 1 aromatic rings. The fraction of sp³-hybridized carbons (Fsp3) is 0.385. The Morgan fingerprint density at radius 1 is 1.30 bits per heavy atom. The minimum Gasteiger partial charge on any atom is -0.492 e. The van der Waals surface area contributed by atoms with Gasteiger partial charge >= 0.3 is 0 Å². The SMILES string of the molecule is CCOc1cc(C)ccc1NC(=O)CNC(=O)CN.Cl. The molecule has 0 atom stereocenters. The topological polar surface area (TPSA) is 93.5 Å². The number of hydrogen-bond acceptors (Lipinski definition) is 4. The van der Waals surface area contributed by atoms with E-state index in [1.54, 1.807) is 6.07 Å². The van der Waals surface area contributed by atoms with Gasteiger partial charge in [-0.1, -0.05) is 6.07 Å². The molecule has 4 N–H and O–H groups in total. The molecule has 0 fully saturated rings. The lowest BCUT2D eigenvalue weighted by Crippen LogP contribution is -2.36. The fourth-order valence-corrected chi connectivity index (χ4v) is 1.45. The van der Waals surface area contributed by atoms with Gasteiger partial charge in [-0.3, -0.25) is 9.59 Å².